The Morgan fingerprint density at radius 3 is 2.30 bits per heavy atom. The van der Waals surface area contributed by atoms with E-state index < -0.39 is 23.3 Å². The lowest BCUT2D eigenvalue weighted by molar-refractivity contribution is 0.209. The van der Waals surface area contributed by atoms with Crippen molar-refractivity contribution in [2.45, 2.75) is 6.10 Å². The summed E-state index contributed by atoms with van der Waals surface area (Å²) in [6, 6.07) is 6.61. The Morgan fingerprint density at radius 1 is 1.20 bits per heavy atom. The van der Waals surface area contributed by atoms with Gasteiger partial charge in [0.05, 0.1) is 17.7 Å². The van der Waals surface area contributed by atoms with Crippen LogP contribution in [-0.2, 0) is 0 Å². The molecule has 6 heteroatoms. The highest BCUT2D eigenvalue weighted by molar-refractivity contribution is 9.10. The second-order valence-corrected chi connectivity index (χ2v) is 5.40. The molecule has 106 valence electrons. The van der Waals surface area contributed by atoms with E-state index in [4.69, 9.17) is 16.3 Å². The summed E-state index contributed by atoms with van der Waals surface area (Å²) in [7, 11) is 1.45. The van der Waals surface area contributed by atoms with Crippen molar-refractivity contribution in [2.24, 2.45) is 0 Å². The molecule has 1 unspecified atom stereocenters. The van der Waals surface area contributed by atoms with Crippen LogP contribution in [0.2, 0.25) is 5.02 Å². The number of halogens is 4. The van der Waals surface area contributed by atoms with E-state index in [0.29, 0.717) is 5.75 Å². The lowest BCUT2D eigenvalue weighted by atomic mass is 10.0. The molecule has 0 aliphatic heterocycles. The highest BCUT2D eigenvalue weighted by Gasteiger charge is 2.21. The van der Waals surface area contributed by atoms with E-state index >= 15 is 0 Å². The first-order valence-electron chi connectivity index (χ1n) is 5.60. The predicted molar refractivity (Wildman–Crippen MR) is 76.1 cm³/mol. The number of benzene rings is 2. The van der Waals surface area contributed by atoms with Crippen molar-refractivity contribution in [3.63, 3.8) is 0 Å². The molecule has 0 heterocycles. The second kappa shape index (κ2) is 6.08. The first-order chi connectivity index (χ1) is 9.43. The van der Waals surface area contributed by atoms with Crippen LogP contribution in [0, 0.1) is 11.6 Å². The summed E-state index contributed by atoms with van der Waals surface area (Å²) in [6.45, 7) is 0. The maximum absolute atomic E-state index is 13.8. The van der Waals surface area contributed by atoms with Crippen LogP contribution < -0.4 is 4.74 Å². The zero-order valence-electron chi connectivity index (χ0n) is 10.3. The third-order valence-electron chi connectivity index (χ3n) is 2.81. The molecule has 2 nitrogen and oxygen atoms in total. The summed E-state index contributed by atoms with van der Waals surface area (Å²) in [4.78, 5) is 0. The minimum absolute atomic E-state index is 0.252. The Labute approximate surface area is 128 Å². The van der Waals surface area contributed by atoms with Gasteiger partial charge in [-0.25, -0.2) is 8.78 Å². The van der Waals surface area contributed by atoms with Crippen LogP contribution in [0.4, 0.5) is 8.78 Å². The molecule has 20 heavy (non-hydrogen) atoms. The largest absolute Gasteiger partial charge is 0.495 e. The molecular formula is C14H10BrClF2O2. The highest BCUT2D eigenvalue weighted by atomic mass is 79.9. The SMILES string of the molecule is COc1ccc(C(O)c2c(F)cc(Br)cc2F)cc1Cl. The zero-order chi connectivity index (χ0) is 14.9. The van der Waals surface area contributed by atoms with Crippen LogP contribution in [0.25, 0.3) is 0 Å². The molecule has 0 bridgehead atoms. The Morgan fingerprint density at radius 2 is 1.80 bits per heavy atom. The molecule has 0 amide bonds. The Bertz CT molecular complexity index is 626. The molecular weight excluding hydrogens is 354 g/mol. The van der Waals surface area contributed by atoms with Gasteiger partial charge in [-0.05, 0) is 29.8 Å². The van der Waals surface area contributed by atoms with E-state index in [1.54, 1.807) is 0 Å². The average Bonchev–Trinajstić information content (AvgIpc) is 2.37. The molecule has 0 spiro atoms. The number of methoxy groups -OCH3 is 1. The monoisotopic (exact) mass is 362 g/mol. The van der Waals surface area contributed by atoms with Gasteiger partial charge >= 0.3 is 0 Å². The molecule has 0 radical (unpaired) electrons. The summed E-state index contributed by atoms with van der Waals surface area (Å²) in [6.07, 6.45) is -1.45. The van der Waals surface area contributed by atoms with Crippen LogP contribution in [0.5, 0.6) is 5.75 Å². The Hall–Kier alpha value is -1.17. The van der Waals surface area contributed by atoms with E-state index in [1.807, 2.05) is 0 Å². The van der Waals surface area contributed by atoms with Crippen LogP contribution >= 0.6 is 27.5 Å². The van der Waals surface area contributed by atoms with Gasteiger partial charge in [-0.3, -0.25) is 0 Å². The molecule has 2 aromatic rings. The van der Waals surface area contributed by atoms with Crippen molar-refractivity contribution in [2.75, 3.05) is 7.11 Å². The predicted octanol–water partition coefficient (Wildman–Crippen LogP) is 4.47. The minimum atomic E-state index is -1.45. The summed E-state index contributed by atoms with van der Waals surface area (Å²) in [5.41, 5.74) is -0.148. The Kier molecular flexibility index (Phi) is 4.62. The molecule has 1 atom stereocenters. The van der Waals surface area contributed by atoms with Gasteiger partial charge in [-0.1, -0.05) is 33.6 Å². The minimum Gasteiger partial charge on any atom is -0.495 e. The van der Waals surface area contributed by atoms with Crippen molar-refractivity contribution in [1.82, 2.24) is 0 Å². The van der Waals surface area contributed by atoms with E-state index in [-0.39, 0.29) is 15.1 Å². The fraction of sp³-hybridized carbons (Fsp3) is 0.143. The molecule has 0 fully saturated rings. The molecule has 0 aliphatic rings. The van der Waals surface area contributed by atoms with Gasteiger partial charge in [0, 0.05) is 4.47 Å². The van der Waals surface area contributed by atoms with Crippen LogP contribution in [0.1, 0.15) is 17.2 Å². The number of aliphatic hydroxyl groups is 1. The summed E-state index contributed by atoms with van der Waals surface area (Å²) in [5.74, 6) is -1.26. The number of rotatable bonds is 3. The smallest absolute Gasteiger partial charge is 0.137 e. The van der Waals surface area contributed by atoms with Gasteiger partial charge in [-0.2, -0.15) is 0 Å². The summed E-state index contributed by atoms with van der Waals surface area (Å²) < 4.78 is 32.9. The lowest BCUT2D eigenvalue weighted by Crippen LogP contribution is -2.06. The lowest BCUT2D eigenvalue weighted by Gasteiger charge is -2.15. The molecule has 0 aromatic heterocycles. The van der Waals surface area contributed by atoms with Gasteiger partial charge in [0.15, 0.2) is 0 Å². The standard InChI is InChI=1S/C14H10BrClF2O2/c1-20-12-3-2-7(4-9(12)16)14(19)13-10(17)5-8(15)6-11(13)18/h2-6,14,19H,1H3. The van der Waals surface area contributed by atoms with E-state index in [2.05, 4.69) is 15.9 Å². The molecule has 2 rings (SSSR count). The van der Waals surface area contributed by atoms with Crippen LogP contribution in [-0.4, -0.2) is 12.2 Å². The third-order valence-corrected chi connectivity index (χ3v) is 3.56. The van der Waals surface area contributed by atoms with Gasteiger partial charge < -0.3 is 9.84 Å². The number of hydrogen-bond acceptors (Lipinski definition) is 2. The normalized spacial score (nSPS) is 12.3. The summed E-state index contributed by atoms with van der Waals surface area (Å²) in [5, 5.41) is 10.4. The van der Waals surface area contributed by atoms with Crippen molar-refractivity contribution >= 4 is 27.5 Å². The molecule has 0 saturated heterocycles. The molecule has 1 N–H and O–H groups in total. The fourth-order valence-electron chi connectivity index (χ4n) is 1.83. The van der Waals surface area contributed by atoms with Gasteiger partial charge in [0.1, 0.15) is 23.5 Å². The van der Waals surface area contributed by atoms with Gasteiger partial charge in [0.2, 0.25) is 0 Å². The van der Waals surface area contributed by atoms with E-state index in [1.165, 1.54) is 25.3 Å². The van der Waals surface area contributed by atoms with E-state index in [0.717, 1.165) is 12.1 Å². The van der Waals surface area contributed by atoms with Crippen molar-refractivity contribution in [3.8, 4) is 5.75 Å². The third kappa shape index (κ3) is 2.95. The number of hydrogen-bond donors (Lipinski definition) is 1. The molecule has 0 saturated carbocycles. The van der Waals surface area contributed by atoms with Crippen LogP contribution in [0.3, 0.4) is 0 Å². The number of ether oxygens (including phenoxy) is 1. The second-order valence-electron chi connectivity index (χ2n) is 4.08. The topological polar surface area (TPSA) is 29.5 Å². The zero-order valence-corrected chi connectivity index (χ0v) is 12.7. The van der Waals surface area contributed by atoms with Crippen molar-refractivity contribution < 1.29 is 18.6 Å². The molecule has 0 aliphatic carbocycles. The fourth-order valence-corrected chi connectivity index (χ4v) is 2.50. The van der Waals surface area contributed by atoms with Crippen LogP contribution in [0.15, 0.2) is 34.8 Å². The quantitative estimate of drug-likeness (QED) is 0.872. The van der Waals surface area contributed by atoms with Gasteiger partial charge in [0.25, 0.3) is 0 Å². The first-order valence-corrected chi connectivity index (χ1v) is 6.77. The summed E-state index contributed by atoms with van der Waals surface area (Å²) >= 11 is 8.92. The number of aliphatic hydroxyl groups excluding tert-OH is 1. The maximum atomic E-state index is 13.8. The molecule has 2 aromatic carbocycles. The maximum Gasteiger partial charge on any atom is 0.137 e. The highest BCUT2D eigenvalue weighted by Crippen LogP contribution is 2.33. The average molecular weight is 364 g/mol. The van der Waals surface area contributed by atoms with Crippen molar-refractivity contribution in [1.29, 1.82) is 0 Å². The first kappa shape index (κ1) is 15.2. The Balaban J connectivity index is 2.46. The van der Waals surface area contributed by atoms with E-state index in [9.17, 15) is 13.9 Å². The van der Waals surface area contributed by atoms with Gasteiger partial charge in [-0.15, -0.1) is 0 Å². The van der Waals surface area contributed by atoms with Crippen molar-refractivity contribution in [3.05, 3.63) is 62.6 Å².